The first kappa shape index (κ1) is 20.7. The third-order valence-corrected chi connectivity index (χ3v) is 4.11. The highest BCUT2D eigenvalue weighted by molar-refractivity contribution is 5.95. The fraction of sp³-hybridized carbons (Fsp3) is 0.227. The summed E-state index contributed by atoms with van der Waals surface area (Å²) in [7, 11) is 0. The molecule has 0 aromatic carbocycles. The molecule has 3 aromatic rings. The van der Waals surface area contributed by atoms with Crippen LogP contribution in [-0.2, 0) is 13.0 Å². The second-order valence-electron chi connectivity index (χ2n) is 6.31. The van der Waals surface area contributed by atoms with Crippen LogP contribution in [-0.4, -0.2) is 32.3 Å². The third-order valence-electron chi connectivity index (χ3n) is 4.11. The van der Waals surface area contributed by atoms with Gasteiger partial charge in [-0.3, -0.25) is 9.78 Å². The summed E-state index contributed by atoms with van der Waals surface area (Å²) >= 11 is 0. The second kappa shape index (κ2) is 10.5. The predicted octanol–water partition coefficient (Wildman–Crippen LogP) is 2.68. The summed E-state index contributed by atoms with van der Waals surface area (Å²) in [5, 5.41) is 3.19. The summed E-state index contributed by atoms with van der Waals surface area (Å²) in [6.07, 6.45) is 7.00. The molecule has 3 aromatic heterocycles. The summed E-state index contributed by atoms with van der Waals surface area (Å²) < 4.78 is 5.43. The Hall–Kier alpha value is -3.99. The van der Waals surface area contributed by atoms with E-state index in [1.54, 1.807) is 31.5 Å². The van der Waals surface area contributed by atoms with E-state index in [9.17, 15) is 4.79 Å². The minimum atomic E-state index is -0.132. The van der Waals surface area contributed by atoms with E-state index in [4.69, 9.17) is 10.5 Å². The molecule has 0 aliphatic carbocycles. The number of nitrogens with zero attached hydrogens (tertiary/aromatic N) is 4. The van der Waals surface area contributed by atoms with Crippen molar-refractivity contribution in [1.29, 1.82) is 0 Å². The SMILES string of the molecule is CC#CCCOc1cnc(C(=O)Cc2ccnc(CNc3cccnc3N)c2)cn1. The van der Waals surface area contributed by atoms with Crippen LogP contribution in [0.15, 0.2) is 49.1 Å². The van der Waals surface area contributed by atoms with Gasteiger partial charge in [-0.2, -0.15) is 0 Å². The van der Waals surface area contributed by atoms with E-state index in [-0.39, 0.29) is 17.9 Å². The fourth-order valence-electron chi connectivity index (χ4n) is 2.63. The van der Waals surface area contributed by atoms with E-state index in [1.807, 2.05) is 12.1 Å². The van der Waals surface area contributed by atoms with Crippen LogP contribution in [0.3, 0.4) is 0 Å². The molecule has 0 aliphatic heterocycles. The molecule has 0 amide bonds. The average Bonchev–Trinajstić information content (AvgIpc) is 2.77. The maximum absolute atomic E-state index is 12.5. The first-order valence-electron chi connectivity index (χ1n) is 9.41. The molecule has 0 unspecified atom stereocenters. The molecule has 3 heterocycles. The van der Waals surface area contributed by atoms with Crippen molar-refractivity contribution in [2.45, 2.75) is 26.3 Å². The summed E-state index contributed by atoms with van der Waals surface area (Å²) in [5.41, 5.74) is 8.48. The number of rotatable bonds is 9. The standard InChI is InChI=1S/C22H22N6O2/c1-2-3-4-10-30-21-15-27-19(14-28-21)20(29)12-16-7-9-24-17(11-16)13-26-18-6-5-8-25-22(18)23/h5-9,11,14-15,26H,4,10,12-13H2,1H3,(H2,23,25). The molecule has 0 atom stereocenters. The fourth-order valence-corrected chi connectivity index (χ4v) is 2.63. The molecule has 0 fully saturated rings. The van der Waals surface area contributed by atoms with Gasteiger partial charge >= 0.3 is 0 Å². The molecule has 0 saturated heterocycles. The molecule has 152 valence electrons. The van der Waals surface area contributed by atoms with Crippen molar-refractivity contribution in [2.75, 3.05) is 17.7 Å². The normalized spacial score (nSPS) is 10.0. The Labute approximate surface area is 175 Å². The monoisotopic (exact) mass is 402 g/mol. The second-order valence-corrected chi connectivity index (χ2v) is 6.31. The number of Topliss-reactive ketones (excluding diaryl/α,β-unsaturated/α-hetero) is 1. The van der Waals surface area contributed by atoms with Gasteiger partial charge in [0.1, 0.15) is 18.1 Å². The molecular formula is C22H22N6O2. The third kappa shape index (κ3) is 6.01. The summed E-state index contributed by atoms with van der Waals surface area (Å²) in [6.45, 7) is 2.67. The zero-order chi connectivity index (χ0) is 21.2. The Morgan fingerprint density at radius 1 is 1.17 bits per heavy atom. The van der Waals surface area contributed by atoms with Gasteiger partial charge < -0.3 is 15.8 Å². The predicted molar refractivity (Wildman–Crippen MR) is 114 cm³/mol. The van der Waals surface area contributed by atoms with Gasteiger partial charge in [-0.25, -0.2) is 15.0 Å². The first-order chi connectivity index (χ1) is 14.7. The smallest absolute Gasteiger partial charge is 0.232 e. The van der Waals surface area contributed by atoms with Crippen LogP contribution >= 0.6 is 0 Å². The van der Waals surface area contributed by atoms with Crippen LogP contribution < -0.4 is 15.8 Å². The highest BCUT2D eigenvalue weighted by atomic mass is 16.5. The van der Waals surface area contributed by atoms with Gasteiger partial charge in [0.2, 0.25) is 5.88 Å². The Balaban J connectivity index is 1.56. The van der Waals surface area contributed by atoms with E-state index in [0.717, 1.165) is 16.9 Å². The molecule has 0 bridgehead atoms. The van der Waals surface area contributed by atoms with Crippen LogP contribution in [0.4, 0.5) is 11.5 Å². The Morgan fingerprint density at radius 3 is 2.83 bits per heavy atom. The molecule has 30 heavy (non-hydrogen) atoms. The van der Waals surface area contributed by atoms with E-state index in [0.29, 0.717) is 31.3 Å². The minimum absolute atomic E-state index is 0.132. The van der Waals surface area contributed by atoms with Gasteiger partial charge in [0.25, 0.3) is 0 Å². The number of hydrogen-bond acceptors (Lipinski definition) is 8. The molecule has 8 heteroatoms. The van der Waals surface area contributed by atoms with E-state index in [2.05, 4.69) is 37.1 Å². The topological polar surface area (TPSA) is 116 Å². The lowest BCUT2D eigenvalue weighted by atomic mass is 10.1. The average molecular weight is 402 g/mol. The highest BCUT2D eigenvalue weighted by Gasteiger charge is 2.11. The Kier molecular flexibility index (Phi) is 7.28. The van der Waals surface area contributed by atoms with E-state index < -0.39 is 0 Å². The number of nitrogens with two attached hydrogens (primary N) is 1. The first-order valence-corrected chi connectivity index (χ1v) is 9.41. The summed E-state index contributed by atoms with van der Waals surface area (Å²) in [6, 6.07) is 7.33. The number of nitrogen functional groups attached to an aromatic ring is 1. The molecule has 0 spiro atoms. The summed E-state index contributed by atoms with van der Waals surface area (Å²) in [5.74, 6) is 6.36. The number of carbonyl (C=O) groups is 1. The number of anilines is 2. The van der Waals surface area contributed by atoms with Crippen LogP contribution in [0.1, 0.15) is 35.1 Å². The van der Waals surface area contributed by atoms with Gasteiger partial charge in [-0.1, -0.05) is 0 Å². The quantitative estimate of drug-likeness (QED) is 0.319. The molecule has 0 aliphatic rings. The van der Waals surface area contributed by atoms with Crippen LogP contribution in [0.25, 0.3) is 0 Å². The van der Waals surface area contributed by atoms with Crippen molar-refractivity contribution in [3.63, 3.8) is 0 Å². The number of pyridine rings is 2. The highest BCUT2D eigenvalue weighted by Crippen LogP contribution is 2.15. The maximum atomic E-state index is 12.5. The Bertz CT molecular complexity index is 1060. The van der Waals surface area contributed by atoms with Gasteiger partial charge in [0.15, 0.2) is 5.78 Å². The van der Waals surface area contributed by atoms with E-state index in [1.165, 1.54) is 12.4 Å². The van der Waals surface area contributed by atoms with Crippen LogP contribution in [0.5, 0.6) is 5.88 Å². The molecule has 0 saturated carbocycles. The minimum Gasteiger partial charge on any atom is -0.476 e. The van der Waals surface area contributed by atoms with Gasteiger partial charge in [-0.05, 0) is 36.8 Å². The zero-order valence-electron chi connectivity index (χ0n) is 16.6. The van der Waals surface area contributed by atoms with Gasteiger partial charge in [0, 0.05) is 25.2 Å². The van der Waals surface area contributed by atoms with Crippen molar-refractivity contribution >= 4 is 17.3 Å². The van der Waals surface area contributed by atoms with Gasteiger partial charge in [-0.15, -0.1) is 11.8 Å². The number of hydrogen-bond donors (Lipinski definition) is 2. The number of ketones is 1. The maximum Gasteiger partial charge on any atom is 0.232 e. The molecule has 8 nitrogen and oxygen atoms in total. The molecular weight excluding hydrogens is 380 g/mol. The zero-order valence-corrected chi connectivity index (χ0v) is 16.6. The van der Waals surface area contributed by atoms with Crippen molar-refractivity contribution in [3.8, 4) is 17.7 Å². The van der Waals surface area contributed by atoms with E-state index >= 15 is 0 Å². The number of nitrogens with one attached hydrogen (secondary N) is 1. The Morgan fingerprint density at radius 2 is 2.07 bits per heavy atom. The number of aromatic nitrogens is 4. The van der Waals surface area contributed by atoms with Crippen molar-refractivity contribution < 1.29 is 9.53 Å². The molecule has 0 radical (unpaired) electrons. The van der Waals surface area contributed by atoms with Crippen molar-refractivity contribution in [2.24, 2.45) is 0 Å². The van der Waals surface area contributed by atoms with Crippen LogP contribution in [0.2, 0.25) is 0 Å². The van der Waals surface area contributed by atoms with Crippen LogP contribution in [0, 0.1) is 11.8 Å². The lowest BCUT2D eigenvalue weighted by Gasteiger charge is -2.09. The molecule has 3 N–H and O–H groups in total. The van der Waals surface area contributed by atoms with Crippen molar-refractivity contribution in [1.82, 2.24) is 19.9 Å². The number of carbonyl (C=O) groups excluding carboxylic acids is 1. The van der Waals surface area contributed by atoms with Crippen molar-refractivity contribution in [3.05, 3.63) is 66.0 Å². The number of ether oxygens (including phenoxy) is 1. The van der Waals surface area contributed by atoms with Gasteiger partial charge in [0.05, 0.1) is 30.3 Å². The summed E-state index contributed by atoms with van der Waals surface area (Å²) in [4.78, 5) is 29.2. The molecule has 3 rings (SSSR count). The lowest BCUT2D eigenvalue weighted by Crippen LogP contribution is -2.09. The largest absolute Gasteiger partial charge is 0.476 e. The lowest BCUT2D eigenvalue weighted by molar-refractivity contribution is 0.0987.